The number of hydrogen-bond donors (Lipinski definition) is 0. The highest BCUT2D eigenvalue weighted by atomic mass is 16.8. The molecule has 0 aromatic carbocycles. The fourth-order valence-electron chi connectivity index (χ4n) is 2.98. The van der Waals surface area contributed by atoms with Gasteiger partial charge in [0.25, 0.3) is 0 Å². The van der Waals surface area contributed by atoms with Crippen LogP contribution in [0, 0.1) is 5.92 Å². The maximum Gasteiger partial charge on any atom is 0.528 e. The maximum atomic E-state index is 11.8. The molecule has 2 aliphatic heterocycles. The van der Waals surface area contributed by atoms with E-state index in [0.29, 0.717) is 12.0 Å². The minimum Gasteiger partial charge on any atom is -0.427 e. The highest BCUT2D eigenvalue weighted by Crippen LogP contribution is 2.30. The minimum absolute atomic E-state index is 0.320. The van der Waals surface area contributed by atoms with Gasteiger partial charge in [-0.05, 0) is 52.4 Å². The molecule has 116 valence electrons. The molecule has 2 heterocycles. The molecule has 1 unspecified atom stereocenters. The molecule has 0 aromatic rings. The average molecular weight is 285 g/mol. The third kappa shape index (κ3) is 4.63. The number of ether oxygens (including phenoxy) is 2. The van der Waals surface area contributed by atoms with E-state index in [9.17, 15) is 4.79 Å². The van der Waals surface area contributed by atoms with Gasteiger partial charge in [-0.25, -0.2) is 4.79 Å². The van der Waals surface area contributed by atoms with Crippen LogP contribution in [0.4, 0.5) is 4.79 Å². The summed E-state index contributed by atoms with van der Waals surface area (Å²) in [5.41, 5.74) is -0.513. The van der Waals surface area contributed by atoms with Crippen molar-refractivity contribution in [2.45, 2.75) is 64.5 Å². The Morgan fingerprint density at radius 2 is 1.85 bits per heavy atom. The molecule has 20 heavy (non-hydrogen) atoms. The second kappa shape index (κ2) is 6.76. The summed E-state index contributed by atoms with van der Waals surface area (Å²) in [5, 5.41) is 1.85. The molecule has 2 fully saturated rings. The summed E-state index contributed by atoms with van der Waals surface area (Å²) in [5.74, 6) is 0.562. The van der Waals surface area contributed by atoms with E-state index in [1.165, 1.54) is 6.42 Å². The molecule has 2 aliphatic rings. The summed E-state index contributed by atoms with van der Waals surface area (Å²) in [6, 6.07) is 0.320. The standard InChI is InChI=1S/C15H27NO4/c1-15(2,3)19-14(17)20-16-9-5-4-6-13(16)12-7-10-18-11-8-12/h12-13H,4-11H2,1-3H3. The zero-order valence-electron chi connectivity index (χ0n) is 12.9. The topological polar surface area (TPSA) is 48.0 Å². The van der Waals surface area contributed by atoms with Crippen molar-refractivity contribution in [2.24, 2.45) is 5.92 Å². The lowest BCUT2D eigenvalue weighted by molar-refractivity contribution is -0.191. The van der Waals surface area contributed by atoms with Gasteiger partial charge in [0, 0.05) is 25.8 Å². The largest absolute Gasteiger partial charge is 0.528 e. The number of nitrogens with zero attached hydrogens (tertiary/aromatic N) is 1. The summed E-state index contributed by atoms with van der Waals surface area (Å²) >= 11 is 0. The first kappa shape index (κ1) is 15.6. The first-order valence-corrected chi connectivity index (χ1v) is 7.71. The normalized spacial score (nSPS) is 26.2. The van der Waals surface area contributed by atoms with E-state index in [2.05, 4.69) is 0 Å². The Kier molecular flexibility index (Phi) is 5.27. The van der Waals surface area contributed by atoms with Crippen molar-refractivity contribution in [3.05, 3.63) is 0 Å². The Bertz CT molecular complexity index is 320. The van der Waals surface area contributed by atoms with Crippen LogP contribution in [0.3, 0.4) is 0 Å². The fourth-order valence-corrected chi connectivity index (χ4v) is 2.98. The van der Waals surface area contributed by atoms with E-state index in [1.807, 2.05) is 25.8 Å². The molecule has 0 N–H and O–H groups in total. The van der Waals surface area contributed by atoms with Gasteiger partial charge in [-0.1, -0.05) is 6.42 Å². The van der Waals surface area contributed by atoms with Crippen LogP contribution in [0.5, 0.6) is 0 Å². The Balaban J connectivity index is 1.91. The monoisotopic (exact) mass is 285 g/mol. The van der Waals surface area contributed by atoms with Crippen LogP contribution in [0.25, 0.3) is 0 Å². The molecule has 2 saturated heterocycles. The SMILES string of the molecule is CC(C)(C)OC(=O)ON1CCCCC1C1CCOCC1. The number of rotatable bonds is 2. The first-order valence-electron chi connectivity index (χ1n) is 7.71. The highest BCUT2D eigenvalue weighted by molar-refractivity contribution is 5.60. The highest BCUT2D eigenvalue weighted by Gasteiger charge is 2.34. The number of piperidine rings is 1. The first-order chi connectivity index (χ1) is 9.46. The Morgan fingerprint density at radius 1 is 1.15 bits per heavy atom. The Hall–Kier alpha value is -0.810. The summed E-state index contributed by atoms with van der Waals surface area (Å²) in [6.45, 7) is 7.99. The Morgan fingerprint density at radius 3 is 2.50 bits per heavy atom. The minimum atomic E-state index is -0.587. The third-order valence-electron chi connectivity index (χ3n) is 3.89. The Labute approximate surface area is 121 Å². The van der Waals surface area contributed by atoms with Crippen LogP contribution in [-0.4, -0.2) is 42.6 Å². The molecule has 2 rings (SSSR count). The third-order valence-corrected chi connectivity index (χ3v) is 3.89. The van der Waals surface area contributed by atoms with E-state index in [4.69, 9.17) is 14.3 Å². The van der Waals surface area contributed by atoms with E-state index in [-0.39, 0.29) is 0 Å². The lowest BCUT2D eigenvalue weighted by Gasteiger charge is -2.39. The molecule has 0 saturated carbocycles. The van der Waals surface area contributed by atoms with Gasteiger partial charge < -0.3 is 14.3 Å². The van der Waals surface area contributed by atoms with Crippen LogP contribution in [0.1, 0.15) is 52.9 Å². The van der Waals surface area contributed by atoms with Crippen LogP contribution in [0.15, 0.2) is 0 Å². The van der Waals surface area contributed by atoms with Gasteiger partial charge in [0.1, 0.15) is 5.60 Å². The summed E-state index contributed by atoms with van der Waals surface area (Å²) in [6.07, 6.45) is 4.89. The molecular formula is C15H27NO4. The van der Waals surface area contributed by atoms with Crippen molar-refractivity contribution < 1.29 is 19.1 Å². The molecule has 5 heteroatoms. The molecule has 0 bridgehead atoms. The quantitative estimate of drug-likeness (QED) is 0.729. The van der Waals surface area contributed by atoms with Crippen LogP contribution in [0.2, 0.25) is 0 Å². The van der Waals surface area contributed by atoms with Gasteiger partial charge in [-0.2, -0.15) is 0 Å². The molecule has 0 radical (unpaired) electrons. The molecule has 0 aliphatic carbocycles. The van der Waals surface area contributed by atoms with Crippen molar-refractivity contribution in [3.8, 4) is 0 Å². The van der Waals surface area contributed by atoms with Gasteiger partial charge in [0.05, 0.1) is 0 Å². The van der Waals surface area contributed by atoms with Crippen LogP contribution >= 0.6 is 0 Å². The van der Waals surface area contributed by atoms with Gasteiger partial charge in [0.15, 0.2) is 0 Å². The maximum absolute atomic E-state index is 11.8. The van der Waals surface area contributed by atoms with E-state index in [1.54, 1.807) is 0 Å². The van der Waals surface area contributed by atoms with Gasteiger partial charge in [-0.3, -0.25) is 0 Å². The molecule has 0 spiro atoms. The van der Waals surface area contributed by atoms with Crippen molar-refractivity contribution in [1.29, 1.82) is 0 Å². The van der Waals surface area contributed by atoms with Crippen molar-refractivity contribution in [3.63, 3.8) is 0 Å². The number of hydrogen-bond acceptors (Lipinski definition) is 5. The van der Waals surface area contributed by atoms with Crippen LogP contribution in [-0.2, 0) is 14.3 Å². The van der Waals surface area contributed by atoms with Crippen molar-refractivity contribution in [1.82, 2.24) is 5.06 Å². The molecule has 5 nitrogen and oxygen atoms in total. The molecule has 1 atom stereocenters. The zero-order chi connectivity index (χ0) is 14.6. The number of carbonyl (C=O) groups excluding carboxylic acids is 1. The summed E-state index contributed by atoms with van der Waals surface area (Å²) in [4.78, 5) is 17.3. The summed E-state index contributed by atoms with van der Waals surface area (Å²) < 4.78 is 10.7. The fraction of sp³-hybridized carbons (Fsp3) is 0.933. The zero-order valence-corrected chi connectivity index (χ0v) is 12.9. The number of hydroxylamine groups is 2. The van der Waals surface area contributed by atoms with Gasteiger partial charge >= 0.3 is 6.16 Å². The average Bonchev–Trinajstić information content (AvgIpc) is 2.38. The second-order valence-corrected chi connectivity index (χ2v) is 6.71. The van der Waals surface area contributed by atoms with Gasteiger partial charge in [0.2, 0.25) is 0 Å². The lowest BCUT2D eigenvalue weighted by Crippen LogP contribution is -2.47. The van der Waals surface area contributed by atoms with Crippen LogP contribution < -0.4 is 0 Å². The molecular weight excluding hydrogens is 258 g/mol. The summed E-state index contributed by atoms with van der Waals surface area (Å²) in [7, 11) is 0. The van der Waals surface area contributed by atoms with E-state index < -0.39 is 11.8 Å². The molecule has 0 amide bonds. The molecule has 0 aromatic heterocycles. The lowest BCUT2D eigenvalue weighted by atomic mass is 9.86. The smallest absolute Gasteiger partial charge is 0.427 e. The van der Waals surface area contributed by atoms with E-state index in [0.717, 1.165) is 45.4 Å². The van der Waals surface area contributed by atoms with Crippen molar-refractivity contribution in [2.75, 3.05) is 19.8 Å². The predicted molar refractivity (Wildman–Crippen MR) is 75.2 cm³/mol. The second-order valence-electron chi connectivity index (χ2n) is 6.71. The number of carbonyl (C=O) groups is 1. The predicted octanol–water partition coefficient (Wildman–Crippen LogP) is 3.13. The van der Waals surface area contributed by atoms with Crippen molar-refractivity contribution >= 4 is 6.16 Å². The van der Waals surface area contributed by atoms with E-state index >= 15 is 0 Å². The van der Waals surface area contributed by atoms with Gasteiger partial charge in [-0.15, -0.1) is 5.06 Å².